The van der Waals surface area contributed by atoms with E-state index in [0.29, 0.717) is 13.1 Å². The Bertz CT molecular complexity index is 576. The predicted octanol–water partition coefficient (Wildman–Crippen LogP) is 4.18. The maximum atomic E-state index is 12.0. The SMILES string of the molecule is Cc1c(Br)cncc1C1=CCN(C(=O)OC(C)(C)C)CC1. The third-order valence-electron chi connectivity index (χ3n) is 3.36. The fourth-order valence-corrected chi connectivity index (χ4v) is 2.56. The number of nitrogens with zero attached hydrogens (tertiary/aromatic N) is 2. The van der Waals surface area contributed by atoms with Crippen LogP contribution in [0.1, 0.15) is 38.3 Å². The van der Waals surface area contributed by atoms with E-state index >= 15 is 0 Å². The Kier molecular flexibility index (Phi) is 4.71. The fourth-order valence-electron chi connectivity index (χ4n) is 2.23. The molecule has 2 rings (SSSR count). The van der Waals surface area contributed by atoms with E-state index < -0.39 is 5.60 Å². The number of ether oxygens (including phenoxy) is 1. The van der Waals surface area contributed by atoms with Gasteiger partial charge in [0.25, 0.3) is 0 Å². The van der Waals surface area contributed by atoms with Gasteiger partial charge in [-0.3, -0.25) is 4.98 Å². The molecular formula is C16H21BrN2O2. The van der Waals surface area contributed by atoms with Crippen molar-refractivity contribution in [3.63, 3.8) is 0 Å². The van der Waals surface area contributed by atoms with Crippen LogP contribution in [0, 0.1) is 6.92 Å². The molecule has 0 radical (unpaired) electrons. The topological polar surface area (TPSA) is 42.4 Å². The fraction of sp³-hybridized carbons (Fsp3) is 0.500. The molecule has 0 bridgehead atoms. The largest absolute Gasteiger partial charge is 0.444 e. The first-order valence-electron chi connectivity index (χ1n) is 7.05. The van der Waals surface area contributed by atoms with Crippen LogP contribution in [0.5, 0.6) is 0 Å². The number of carbonyl (C=O) groups excluding carboxylic acids is 1. The summed E-state index contributed by atoms with van der Waals surface area (Å²) in [5, 5.41) is 0. The standard InChI is InChI=1S/C16H21BrN2O2/c1-11-13(9-18-10-14(11)17)12-5-7-19(8-6-12)15(20)21-16(2,3)4/h5,9-10H,6-8H2,1-4H3. The molecule has 0 aliphatic carbocycles. The molecule has 0 atom stereocenters. The van der Waals surface area contributed by atoms with Crippen LogP contribution in [0.25, 0.3) is 5.57 Å². The maximum absolute atomic E-state index is 12.0. The average molecular weight is 353 g/mol. The Morgan fingerprint density at radius 1 is 1.38 bits per heavy atom. The van der Waals surface area contributed by atoms with E-state index in [1.807, 2.05) is 27.0 Å². The first-order chi connectivity index (χ1) is 9.78. The van der Waals surface area contributed by atoms with Gasteiger partial charge in [-0.05, 0) is 66.7 Å². The van der Waals surface area contributed by atoms with Crippen LogP contribution < -0.4 is 0 Å². The minimum atomic E-state index is -0.453. The summed E-state index contributed by atoms with van der Waals surface area (Å²) in [7, 11) is 0. The first kappa shape index (κ1) is 16.0. The van der Waals surface area contributed by atoms with Gasteiger partial charge in [-0.25, -0.2) is 4.79 Å². The summed E-state index contributed by atoms with van der Waals surface area (Å²) in [4.78, 5) is 18.0. The normalized spacial score (nSPS) is 15.7. The number of halogens is 1. The van der Waals surface area contributed by atoms with Gasteiger partial charge in [-0.15, -0.1) is 0 Å². The summed E-state index contributed by atoms with van der Waals surface area (Å²) in [6.07, 6.45) is 6.34. The zero-order chi connectivity index (χ0) is 15.6. The van der Waals surface area contributed by atoms with E-state index in [2.05, 4.69) is 33.9 Å². The number of hydrogen-bond acceptors (Lipinski definition) is 3. The van der Waals surface area contributed by atoms with Crippen LogP contribution in [-0.2, 0) is 4.74 Å². The van der Waals surface area contributed by atoms with Crippen LogP contribution in [-0.4, -0.2) is 34.7 Å². The van der Waals surface area contributed by atoms with Gasteiger partial charge in [0.05, 0.1) is 0 Å². The molecule has 0 unspecified atom stereocenters. The van der Waals surface area contributed by atoms with Crippen LogP contribution in [0.15, 0.2) is 22.9 Å². The van der Waals surface area contributed by atoms with E-state index in [1.165, 1.54) is 11.1 Å². The minimum absolute atomic E-state index is 0.248. The molecule has 5 heteroatoms. The molecule has 1 aromatic heterocycles. The smallest absolute Gasteiger partial charge is 0.410 e. The lowest BCUT2D eigenvalue weighted by molar-refractivity contribution is 0.0270. The Morgan fingerprint density at radius 3 is 2.67 bits per heavy atom. The molecule has 2 heterocycles. The van der Waals surface area contributed by atoms with Gasteiger partial charge in [0.2, 0.25) is 0 Å². The van der Waals surface area contributed by atoms with Crippen molar-refractivity contribution in [2.75, 3.05) is 13.1 Å². The van der Waals surface area contributed by atoms with Crippen molar-refractivity contribution < 1.29 is 9.53 Å². The lowest BCUT2D eigenvalue weighted by Crippen LogP contribution is -2.39. The van der Waals surface area contributed by atoms with E-state index in [1.54, 1.807) is 11.1 Å². The van der Waals surface area contributed by atoms with Crippen molar-refractivity contribution in [3.8, 4) is 0 Å². The summed E-state index contributed by atoms with van der Waals surface area (Å²) in [5.41, 5.74) is 3.11. The van der Waals surface area contributed by atoms with Crippen LogP contribution in [0.4, 0.5) is 4.79 Å². The van der Waals surface area contributed by atoms with E-state index in [-0.39, 0.29) is 6.09 Å². The van der Waals surface area contributed by atoms with Gasteiger partial charge < -0.3 is 9.64 Å². The Hall–Kier alpha value is -1.36. The molecular weight excluding hydrogens is 332 g/mol. The van der Waals surface area contributed by atoms with Crippen molar-refractivity contribution in [1.82, 2.24) is 9.88 Å². The lowest BCUT2D eigenvalue weighted by atomic mass is 9.97. The molecule has 114 valence electrons. The number of rotatable bonds is 1. The van der Waals surface area contributed by atoms with Crippen LogP contribution >= 0.6 is 15.9 Å². The second-order valence-corrected chi connectivity index (χ2v) is 7.05. The number of amides is 1. The zero-order valence-electron chi connectivity index (χ0n) is 12.9. The van der Waals surface area contributed by atoms with Gasteiger partial charge in [-0.1, -0.05) is 6.08 Å². The molecule has 0 spiro atoms. The quantitative estimate of drug-likeness (QED) is 0.761. The molecule has 1 amide bonds. The number of pyridine rings is 1. The number of aromatic nitrogens is 1. The molecule has 0 aromatic carbocycles. The second kappa shape index (κ2) is 6.18. The Labute approximate surface area is 134 Å². The van der Waals surface area contributed by atoms with E-state index in [9.17, 15) is 4.79 Å². The van der Waals surface area contributed by atoms with E-state index in [0.717, 1.165) is 16.5 Å². The third kappa shape index (κ3) is 4.06. The zero-order valence-corrected chi connectivity index (χ0v) is 14.5. The molecule has 0 N–H and O–H groups in total. The molecule has 0 saturated carbocycles. The van der Waals surface area contributed by atoms with Gasteiger partial charge in [0, 0.05) is 30.0 Å². The Balaban J connectivity index is 2.09. The first-order valence-corrected chi connectivity index (χ1v) is 7.84. The summed E-state index contributed by atoms with van der Waals surface area (Å²) < 4.78 is 6.41. The number of carbonyl (C=O) groups is 1. The van der Waals surface area contributed by atoms with Gasteiger partial charge in [0.15, 0.2) is 0 Å². The van der Waals surface area contributed by atoms with Crippen LogP contribution in [0.2, 0.25) is 0 Å². The van der Waals surface area contributed by atoms with Crippen molar-refractivity contribution in [2.24, 2.45) is 0 Å². The summed E-state index contributed by atoms with van der Waals surface area (Å²) >= 11 is 3.51. The summed E-state index contributed by atoms with van der Waals surface area (Å²) in [6.45, 7) is 8.97. The van der Waals surface area contributed by atoms with Gasteiger partial charge in [-0.2, -0.15) is 0 Å². The summed E-state index contributed by atoms with van der Waals surface area (Å²) in [5.74, 6) is 0. The second-order valence-electron chi connectivity index (χ2n) is 6.20. The Morgan fingerprint density at radius 2 is 2.10 bits per heavy atom. The molecule has 21 heavy (non-hydrogen) atoms. The highest BCUT2D eigenvalue weighted by atomic mass is 79.9. The van der Waals surface area contributed by atoms with Gasteiger partial charge in [0.1, 0.15) is 5.60 Å². The molecule has 1 aliphatic rings. The van der Waals surface area contributed by atoms with Gasteiger partial charge >= 0.3 is 6.09 Å². The van der Waals surface area contributed by atoms with Crippen LogP contribution in [0.3, 0.4) is 0 Å². The van der Waals surface area contributed by atoms with Crippen molar-refractivity contribution in [1.29, 1.82) is 0 Å². The molecule has 0 saturated heterocycles. The highest BCUT2D eigenvalue weighted by molar-refractivity contribution is 9.10. The average Bonchev–Trinajstić information content (AvgIpc) is 2.40. The van der Waals surface area contributed by atoms with Crippen molar-refractivity contribution >= 4 is 27.6 Å². The number of hydrogen-bond donors (Lipinski definition) is 0. The predicted molar refractivity (Wildman–Crippen MR) is 87.1 cm³/mol. The lowest BCUT2D eigenvalue weighted by Gasteiger charge is -2.29. The maximum Gasteiger partial charge on any atom is 0.410 e. The summed E-state index contributed by atoms with van der Waals surface area (Å²) in [6, 6.07) is 0. The monoisotopic (exact) mass is 352 g/mol. The highest BCUT2D eigenvalue weighted by Gasteiger charge is 2.24. The minimum Gasteiger partial charge on any atom is -0.444 e. The third-order valence-corrected chi connectivity index (χ3v) is 4.16. The molecule has 4 nitrogen and oxygen atoms in total. The van der Waals surface area contributed by atoms with Crippen molar-refractivity contribution in [3.05, 3.63) is 34.1 Å². The molecule has 1 aliphatic heterocycles. The molecule has 0 fully saturated rings. The van der Waals surface area contributed by atoms with Crippen molar-refractivity contribution in [2.45, 2.75) is 39.7 Å². The molecule has 1 aromatic rings. The highest BCUT2D eigenvalue weighted by Crippen LogP contribution is 2.28. The van der Waals surface area contributed by atoms with E-state index in [4.69, 9.17) is 4.74 Å².